The summed E-state index contributed by atoms with van der Waals surface area (Å²) in [6.07, 6.45) is 1.77. The normalized spacial score (nSPS) is 13.2. The van der Waals surface area contributed by atoms with Crippen LogP contribution in [0.2, 0.25) is 0 Å². The van der Waals surface area contributed by atoms with Gasteiger partial charge in [-0.2, -0.15) is 4.31 Å². The number of carbonyl (C=O) groups is 1. The lowest BCUT2D eigenvalue weighted by molar-refractivity contribution is -0.121. The maximum absolute atomic E-state index is 12.8. The molecule has 1 aromatic rings. The Balaban J connectivity index is 2.71. The van der Waals surface area contributed by atoms with Gasteiger partial charge in [-0.1, -0.05) is 13.3 Å². The minimum Gasteiger partial charge on any atom is -0.353 e. The van der Waals surface area contributed by atoms with Crippen LogP contribution < -0.4 is 5.32 Å². The van der Waals surface area contributed by atoms with Crippen molar-refractivity contribution in [1.82, 2.24) is 9.62 Å². The molecule has 0 heterocycles. The Morgan fingerprint density at radius 2 is 1.90 bits per heavy atom. The van der Waals surface area contributed by atoms with Crippen LogP contribution in [0.5, 0.6) is 0 Å². The minimum absolute atomic E-state index is 0.00410. The molecule has 21 heavy (non-hydrogen) atoms. The predicted octanol–water partition coefficient (Wildman–Crippen LogP) is 1.75. The summed E-state index contributed by atoms with van der Waals surface area (Å²) < 4.78 is 38.2. The summed E-state index contributed by atoms with van der Waals surface area (Å²) in [6.45, 7) is 3.61. The van der Waals surface area contributed by atoms with Gasteiger partial charge in [-0.3, -0.25) is 4.79 Å². The Kier molecular flexibility index (Phi) is 6.29. The fourth-order valence-corrected chi connectivity index (χ4v) is 3.03. The lowest BCUT2D eigenvalue weighted by Gasteiger charge is -2.19. The summed E-state index contributed by atoms with van der Waals surface area (Å²) in [4.78, 5) is 11.8. The molecule has 0 aliphatic heterocycles. The monoisotopic (exact) mass is 316 g/mol. The van der Waals surface area contributed by atoms with Gasteiger partial charge in [0.1, 0.15) is 5.82 Å². The third kappa shape index (κ3) is 5.09. The van der Waals surface area contributed by atoms with Crippen LogP contribution in [-0.4, -0.2) is 38.3 Å². The average Bonchev–Trinajstić information content (AvgIpc) is 2.39. The first-order valence-electron chi connectivity index (χ1n) is 6.78. The van der Waals surface area contributed by atoms with Gasteiger partial charge in [0.05, 0.1) is 11.4 Å². The molecule has 1 aromatic carbocycles. The molecule has 1 unspecified atom stereocenters. The Bertz CT molecular complexity index is 572. The fourth-order valence-electron chi connectivity index (χ4n) is 1.90. The van der Waals surface area contributed by atoms with Crippen LogP contribution in [0, 0.1) is 5.82 Å². The number of sulfonamides is 1. The number of hydrogen-bond donors (Lipinski definition) is 1. The first-order chi connectivity index (χ1) is 9.77. The number of likely N-dealkylation sites (N-methyl/N-ethyl adjacent to an activating group) is 1. The van der Waals surface area contributed by atoms with Crippen LogP contribution in [-0.2, 0) is 14.8 Å². The van der Waals surface area contributed by atoms with Crippen molar-refractivity contribution in [2.45, 2.75) is 37.6 Å². The van der Waals surface area contributed by atoms with E-state index in [4.69, 9.17) is 0 Å². The molecule has 1 atom stereocenters. The van der Waals surface area contributed by atoms with E-state index >= 15 is 0 Å². The minimum atomic E-state index is -3.79. The molecule has 0 saturated carbocycles. The molecule has 1 N–H and O–H groups in total. The maximum atomic E-state index is 12.8. The van der Waals surface area contributed by atoms with Crippen molar-refractivity contribution in [1.29, 1.82) is 0 Å². The lowest BCUT2D eigenvalue weighted by Crippen LogP contribution is -2.41. The topological polar surface area (TPSA) is 66.5 Å². The van der Waals surface area contributed by atoms with Gasteiger partial charge in [-0.05, 0) is 37.6 Å². The molecule has 0 radical (unpaired) electrons. The van der Waals surface area contributed by atoms with Crippen LogP contribution in [0.1, 0.15) is 26.7 Å². The van der Waals surface area contributed by atoms with Crippen LogP contribution in [0.15, 0.2) is 29.2 Å². The van der Waals surface area contributed by atoms with E-state index in [1.54, 1.807) is 0 Å². The van der Waals surface area contributed by atoms with Gasteiger partial charge in [0, 0.05) is 13.1 Å². The number of nitrogens with zero attached hydrogens (tertiary/aromatic N) is 1. The standard InChI is InChI=1S/C14H21FN2O3S/c1-4-5-11(2)16-14(18)10-17(3)21(19,20)13-8-6-12(15)7-9-13/h6-9,11H,4-5,10H2,1-3H3,(H,16,18). The fraction of sp³-hybridized carbons (Fsp3) is 0.500. The van der Waals surface area contributed by atoms with Crippen LogP contribution in [0.3, 0.4) is 0 Å². The smallest absolute Gasteiger partial charge is 0.243 e. The molecule has 7 heteroatoms. The van der Waals surface area contributed by atoms with Gasteiger partial charge in [-0.25, -0.2) is 12.8 Å². The van der Waals surface area contributed by atoms with E-state index in [-0.39, 0.29) is 23.4 Å². The summed E-state index contributed by atoms with van der Waals surface area (Å²) in [5, 5.41) is 2.74. The number of rotatable bonds is 7. The van der Waals surface area contributed by atoms with Crippen molar-refractivity contribution < 1.29 is 17.6 Å². The first-order valence-corrected chi connectivity index (χ1v) is 8.22. The number of carbonyl (C=O) groups excluding carboxylic acids is 1. The zero-order valence-corrected chi connectivity index (χ0v) is 13.3. The number of halogens is 1. The molecule has 1 amide bonds. The highest BCUT2D eigenvalue weighted by atomic mass is 32.2. The largest absolute Gasteiger partial charge is 0.353 e. The second-order valence-electron chi connectivity index (χ2n) is 4.97. The van der Waals surface area contributed by atoms with Crippen molar-refractivity contribution in [3.8, 4) is 0 Å². The van der Waals surface area contributed by atoms with Crippen molar-refractivity contribution in [3.63, 3.8) is 0 Å². The molecule has 118 valence electrons. The Morgan fingerprint density at radius 3 is 2.43 bits per heavy atom. The van der Waals surface area contributed by atoms with Gasteiger partial charge in [0.15, 0.2) is 0 Å². The summed E-state index contributed by atoms with van der Waals surface area (Å²) >= 11 is 0. The van der Waals surface area contributed by atoms with Crippen LogP contribution in [0.4, 0.5) is 4.39 Å². The summed E-state index contributed by atoms with van der Waals surface area (Å²) in [7, 11) is -2.47. The molecule has 0 aliphatic rings. The van der Waals surface area contributed by atoms with Crippen molar-refractivity contribution in [2.24, 2.45) is 0 Å². The zero-order valence-electron chi connectivity index (χ0n) is 12.5. The van der Waals surface area contributed by atoms with Gasteiger partial charge in [0.25, 0.3) is 0 Å². The Morgan fingerprint density at radius 1 is 1.33 bits per heavy atom. The van der Waals surface area contributed by atoms with Crippen LogP contribution >= 0.6 is 0 Å². The highest BCUT2D eigenvalue weighted by Gasteiger charge is 2.23. The second-order valence-corrected chi connectivity index (χ2v) is 7.02. The molecule has 0 aromatic heterocycles. The molecule has 0 fully saturated rings. The Hall–Kier alpha value is -1.47. The number of nitrogens with one attached hydrogen (secondary N) is 1. The second kappa shape index (κ2) is 7.51. The van der Waals surface area contributed by atoms with Gasteiger partial charge < -0.3 is 5.32 Å². The quantitative estimate of drug-likeness (QED) is 0.833. The Labute approximate surface area is 125 Å². The van der Waals surface area contributed by atoms with E-state index in [9.17, 15) is 17.6 Å². The predicted molar refractivity (Wildman–Crippen MR) is 78.7 cm³/mol. The van der Waals surface area contributed by atoms with Crippen LogP contribution in [0.25, 0.3) is 0 Å². The summed E-state index contributed by atoms with van der Waals surface area (Å²) in [6, 6.07) is 4.51. The maximum Gasteiger partial charge on any atom is 0.243 e. The third-order valence-corrected chi connectivity index (χ3v) is 4.83. The molecule has 5 nitrogen and oxygen atoms in total. The molecule has 0 spiro atoms. The van der Waals surface area contributed by atoms with E-state index in [0.717, 1.165) is 29.3 Å². The van der Waals surface area contributed by atoms with Gasteiger partial charge in [-0.15, -0.1) is 0 Å². The molecule has 1 rings (SSSR count). The van der Waals surface area contributed by atoms with Gasteiger partial charge in [0.2, 0.25) is 15.9 Å². The summed E-state index contributed by atoms with van der Waals surface area (Å²) in [5.74, 6) is -0.869. The number of amides is 1. The summed E-state index contributed by atoms with van der Waals surface area (Å²) in [5.41, 5.74) is 0. The van der Waals surface area contributed by atoms with E-state index in [2.05, 4.69) is 5.32 Å². The van der Waals surface area contributed by atoms with Crippen molar-refractivity contribution in [2.75, 3.05) is 13.6 Å². The SMILES string of the molecule is CCCC(C)NC(=O)CN(C)S(=O)(=O)c1ccc(F)cc1. The molecular weight excluding hydrogens is 295 g/mol. The third-order valence-electron chi connectivity index (χ3n) is 3.02. The molecular formula is C14H21FN2O3S. The highest BCUT2D eigenvalue weighted by molar-refractivity contribution is 7.89. The first kappa shape index (κ1) is 17.6. The van der Waals surface area contributed by atoms with E-state index in [1.165, 1.54) is 19.2 Å². The lowest BCUT2D eigenvalue weighted by atomic mass is 10.2. The number of hydrogen-bond acceptors (Lipinski definition) is 3. The van der Waals surface area contributed by atoms with E-state index in [1.807, 2.05) is 13.8 Å². The molecule has 0 saturated heterocycles. The molecule has 0 aliphatic carbocycles. The molecule has 0 bridgehead atoms. The van der Waals surface area contributed by atoms with Crippen molar-refractivity contribution in [3.05, 3.63) is 30.1 Å². The van der Waals surface area contributed by atoms with E-state index in [0.29, 0.717) is 0 Å². The van der Waals surface area contributed by atoms with E-state index < -0.39 is 15.8 Å². The number of benzene rings is 1. The highest BCUT2D eigenvalue weighted by Crippen LogP contribution is 2.14. The van der Waals surface area contributed by atoms with Crippen molar-refractivity contribution >= 4 is 15.9 Å². The van der Waals surface area contributed by atoms with Gasteiger partial charge >= 0.3 is 0 Å². The average molecular weight is 316 g/mol. The zero-order chi connectivity index (χ0) is 16.0.